The van der Waals surface area contributed by atoms with E-state index in [1.54, 1.807) is 4.90 Å². The van der Waals surface area contributed by atoms with E-state index in [9.17, 15) is 9.59 Å². The SMILES string of the molecule is CC(C)(C)OC(=O)N1CCC(c2ccc(Cl)cc2)(c2ccc(C=O)cc2)CC1. The van der Waals surface area contributed by atoms with Gasteiger partial charge in [0.1, 0.15) is 11.9 Å². The lowest BCUT2D eigenvalue weighted by atomic mass is 9.68. The van der Waals surface area contributed by atoms with Crippen LogP contribution in [0.1, 0.15) is 55.1 Å². The van der Waals surface area contributed by atoms with Gasteiger partial charge in [-0.3, -0.25) is 4.79 Å². The molecule has 0 N–H and O–H groups in total. The van der Waals surface area contributed by atoms with Crippen molar-refractivity contribution < 1.29 is 14.3 Å². The van der Waals surface area contributed by atoms with Crippen LogP contribution in [-0.2, 0) is 10.2 Å². The molecule has 1 fully saturated rings. The fraction of sp³-hybridized carbons (Fsp3) is 0.391. The van der Waals surface area contributed by atoms with E-state index in [1.807, 2.05) is 57.2 Å². The highest BCUT2D eigenvalue weighted by Gasteiger charge is 2.39. The van der Waals surface area contributed by atoms with Crippen LogP contribution < -0.4 is 0 Å². The molecule has 0 spiro atoms. The number of carbonyl (C=O) groups excluding carboxylic acids is 2. The van der Waals surface area contributed by atoms with Crippen LogP contribution in [0.3, 0.4) is 0 Å². The predicted octanol–water partition coefficient (Wildman–Crippen LogP) is 5.47. The van der Waals surface area contributed by atoms with Crippen molar-refractivity contribution in [2.75, 3.05) is 13.1 Å². The van der Waals surface area contributed by atoms with Gasteiger partial charge in [-0.25, -0.2) is 4.79 Å². The summed E-state index contributed by atoms with van der Waals surface area (Å²) < 4.78 is 5.53. The minimum absolute atomic E-state index is 0.232. The number of rotatable bonds is 3. The Balaban J connectivity index is 1.90. The summed E-state index contributed by atoms with van der Waals surface area (Å²) >= 11 is 6.10. The first kappa shape index (κ1) is 20.4. The van der Waals surface area contributed by atoms with Crippen molar-refractivity contribution in [1.29, 1.82) is 0 Å². The van der Waals surface area contributed by atoms with Gasteiger partial charge in [0.25, 0.3) is 0 Å². The predicted molar refractivity (Wildman–Crippen MR) is 111 cm³/mol. The van der Waals surface area contributed by atoms with Crippen LogP contribution in [0.25, 0.3) is 0 Å². The Morgan fingerprint density at radius 3 is 1.96 bits per heavy atom. The Kier molecular flexibility index (Phi) is 5.80. The van der Waals surface area contributed by atoms with E-state index in [2.05, 4.69) is 12.1 Å². The Morgan fingerprint density at radius 2 is 1.50 bits per heavy atom. The second-order valence-corrected chi connectivity index (χ2v) is 8.73. The molecule has 2 aromatic rings. The van der Waals surface area contributed by atoms with Crippen LogP contribution in [0.4, 0.5) is 4.79 Å². The summed E-state index contributed by atoms with van der Waals surface area (Å²) in [5.74, 6) is 0. The molecule has 1 saturated heterocycles. The monoisotopic (exact) mass is 399 g/mol. The van der Waals surface area contributed by atoms with Crippen molar-refractivity contribution in [3.05, 3.63) is 70.2 Å². The highest BCUT2D eigenvalue weighted by atomic mass is 35.5. The maximum atomic E-state index is 12.5. The third-order valence-corrected chi connectivity index (χ3v) is 5.52. The highest BCUT2D eigenvalue weighted by molar-refractivity contribution is 6.30. The molecule has 148 valence electrons. The molecule has 4 nitrogen and oxygen atoms in total. The number of carbonyl (C=O) groups is 2. The Hall–Kier alpha value is -2.33. The average molecular weight is 400 g/mol. The molecule has 0 bridgehead atoms. The largest absolute Gasteiger partial charge is 0.444 e. The quantitative estimate of drug-likeness (QED) is 0.643. The topological polar surface area (TPSA) is 46.6 Å². The lowest BCUT2D eigenvalue weighted by molar-refractivity contribution is 0.0180. The summed E-state index contributed by atoms with van der Waals surface area (Å²) in [5, 5.41) is 0.696. The molecule has 1 aliphatic heterocycles. The molecule has 0 unspecified atom stereocenters. The summed E-state index contributed by atoms with van der Waals surface area (Å²) in [6, 6.07) is 15.6. The van der Waals surface area contributed by atoms with Gasteiger partial charge in [0.2, 0.25) is 0 Å². The lowest BCUT2D eigenvalue weighted by Gasteiger charge is -2.43. The Morgan fingerprint density at radius 1 is 1.00 bits per heavy atom. The molecule has 0 aromatic heterocycles. The third kappa shape index (κ3) is 4.39. The van der Waals surface area contributed by atoms with Gasteiger partial charge in [0.05, 0.1) is 0 Å². The van der Waals surface area contributed by atoms with Crippen LogP contribution in [-0.4, -0.2) is 36.0 Å². The fourth-order valence-electron chi connectivity index (χ4n) is 3.79. The van der Waals surface area contributed by atoms with Crippen molar-refractivity contribution in [3.8, 4) is 0 Å². The van der Waals surface area contributed by atoms with Crippen molar-refractivity contribution >= 4 is 24.0 Å². The molecule has 0 aliphatic carbocycles. The molecule has 0 atom stereocenters. The van der Waals surface area contributed by atoms with Crippen molar-refractivity contribution in [2.24, 2.45) is 0 Å². The molecular formula is C23H26ClNO3. The zero-order valence-electron chi connectivity index (χ0n) is 16.6. The smallest absolute Gasteiger partial charge is 0.410 e. The van der Waals surface area contributed by atoms with Gasteiger partial charge in [-0.1, -0.05) is 48.0 Å². The first-order chi connectivity index (χ1) is 13.2. The zero-order chi connectivity index (χ0) is 20.4. The number of hydrogen-bond acceptors (Lipinski definition) is 3. The molecule has 28 heavy (non-hydrogen) atoms. The van der Waals surface area contributed by atoms with Gasteiger partial charge in [-0.15, -0.1) is 0 Å². The number of benzene rings is 2. The van der Waals surface area contributed by atoms with E-state index < -0.39 is 5.60 Å². The second kappa shape index (κ2) is 7.96. The number of piperidine rings is 1. The summed E-state index contributed by atoms with van der Waals surface area (Å²) in [5.41, 5.74) is 2.22. The normalized spacial score (nSPS) is 16.5. The Bertz CT molecular complexity index is 830. The summed E-state index contributed by atoms with van der Waals surface area (Å²) in [6.07, 6.45) is 2.13. The summed E-state index contributed by atoms with van der Waals surface area (Å²) in [6.45, 7) is 6.84. The molecule has 3 rings (SSSR count). The van der Waals surface area contributed by atoms with E-state index in [1.165, 1.54) is 5.56 Å². The molecule has 2 aromatic carbocycles. The molecule has 5 heteroatoms. The van der Waals surface area contributed by atoms with Gasteiger partial charge in [0.15, 0.2) is 0 Å². The Labute approximate surface area is 171 Å². The first-order valence-electron chi connectivity index (χ1n) is 9.53. The number of amides is 1. The fourth-order valence-corrected chi connectivity index (χ4v) is 3.92. The molecular weight excluding hydrogens is 374 g/mol. The number of hydrogen-bond donors (Lipinski definition) is 0. The minimum Gasteiger partial charge on any atom is -0.444 e. The molecule has 1 amide bonds. The van der Waals surface area contributed by atoms with Gasteiger partial charge in [-0.05, 0) is 56.9 Å². The summed E-state index contributed by atoms with van der Waals surface area (Å²) in [7, 11) is 0. The number of ether oxygens (including phenoxy) is 1. The van der Waals surface area contributed by atoms with Crippen LogP contribution >= 0.6 is 11.6 Å². The van der Waals surface area contributed by atoms with Crippen LogP contribution in [0.2, 0.25) is 5.02 Å². The first-order valence-corrected chi connectivity index (χ1v) is 9.91. The molecule has 0 radical (unpaired) electrons. The van der Waals surface area contributed by atoms with Crippen molar-refractivity contribution in [3.63, 3.8) is 0 Å². The standard InChI is InChI=1S/C23H26ClNO3/c1-22(2,3)28-21(27)25-14-12-23(13-15-25,19-8-10-20(24)11-9-19)18-6-4-17(16-26)5-7-18/h4-11,16H,12-15H2,1-3H3. The van der Waals surface area contributed by atoms with E-state index in [0.717, 1.165) is 24.7 Å². The number of halogens is 1. The van der Waals surface area contributed by atoms with Crippen molar-refractivity contribution in [1.82, 2.24) is 4.90 Å². The molecule has 1 aliphatic rings. The highest BCUT2D eigenvalue weighted by Crippen LogP contribution is 2.42. The van der Waals surface area contributed by atoms with Gasteiger partial charge in [-0.2, -0.15) is 0 Å². The van der Waals surface area contributed by atoms with Gasteiger partial charge < -0.3 is 9.64 Å². The zero-order valence-corrected chi connectivity index (χ0v) is 17.3. The van der Waals surface area contributed by atoms with Crippen LogP contribution in [0, 0.1) is 0 Å². The maximum absolute atomic E-state index is 12.5. The summed E-state index contributed by atoms with van der Waals surface area (Å²) in [4.78, 5) is 25.3. The van der Waals surface area contributed by atoms with Gasteiger partial charge in [0, 0.05) is 29.1 Å². The molecule has 0 saturated carbocycles. The third-order valence-electron chi connectivity index (χ3n) is 5.26. The number of aldehydes is 1. The van der Waals surface area contributed by atoms with Gasteiger partial charge >= 0.3 is 6.09 Å². The number of nitrogens with zero attached hydrogens (tertiary/aromatic N) is 1. The van der Waals surface area contributed by atoms with Crippen molar-refractivity contribution in [2.45, 2.75) is 44.6 Å². The van der Waals surface area contributed by atoms with E-state index in [0.29, 0.717) is 23.7 Å². The minimum atomic E-state index is -0.507. The average Bonchev–Trinajstić information content (AvgIpc) is 2.67. The number of likely N-dealkylation sites (tertiary alicyclic amines) is 1. The van der Waals surface area contributed by atoms with E-state index >= 15 is 0 Å². The van der Waals surface area contributed by atoms with E-state index in [4.69, 9.17) is 16.3 Å². The second-order valence-electron chi connectivity index (χ2n) is 8.30. The lowest BCUT2D eigenvalue weighted by Crippen LogP contribution is -2.47. The van der Waals surface area contributed by atoms with Crippen LogP contribution in [0.5, 0.6) is 0 Å². The van der Waals surface area contributed by atoms with Crippen LogP contribution in [0.15, 0.2) is 48.5 Å². The van der Waals surface area contributed by atoms with E-state index in [-0.39, 0.29) is 11.5 Å². The molecule has 1 heterocycles. The maximum Gasteiger partial charge on any atom is 0.410 e.